The fourth-order valence-electron chi connectivity index (χ4n) is 3.92. The lowest BCUT2D eigenvalue weighted by Crippen LogP contribution is -2.37. The number of nitrogens with zero attached hydrogens (tertiary/aromatic N) is 2. The molecule has 2 fully saturated rings. The first kappa shape index (κ1) is 16.5. The molecule has 2 amide bonds. The van der Waals surface area contributed by atoms with Crippen LogP contribution >= 0.6 is 11.3 Å². The normalized spacial score (nSPS) is 23.5. The molecular formula is C20H22N2O2S. The van der Waals surface area contributed by atoms with E-state index in [1.807, 2.05) is 30.3 Å². The van der Waals surface area contributed by atoms with Crippen molar-refractivity contribution in [2.45, 2.75) is 19.9 Å². The maximum Gasteiger partial charge on any atom is 0.234 e. The number of fused-ring (bicyclic) bond motifs is 1. The van der Waals surface area contributed by atoms with Crippen molar-refractivity contribution >= 4 is 23.2 Å². The predicted octanol–water partition coefficient (Wildman–Crippen LogP) is 2.72. The zero-order chi connectivity index (χ0) is 17.4. The molecule has 4 rings (SSSR count). The SMILES string of the molecule is Cc1ccc(CN2C[C@@H]3C(=O)N(CCc4ccccc4)C(=O)[C@@H]3C2)s1. The molecule has 2 aliphatic rings. The lowest BCUT2D eigenvalue weighted by molar-refractivity contribution is -0.140. The fraction of sp³-hybridized carbons (Fsp3) is 0.400. The van der Waals surface area contributed by atoms with Crippen LogP contribution in [0.4, 0.5) is 0 Å². The minimum absolute atomic E-state index is 0.0239. The average molecular weight is 354 g/mol. The Bertz CT molecular complexity index is 762. The van der Waals surface area contributed by atoms with E-state index in [1.54, 1.807) is 11.3 Å². The summed E-state index contributed by atoms with van der Waals surface area (Å²) >= 11 is 1.79. The highest BCUT2D eigenvalue weighted by atomic mass is 32.1. The van der Waals surface area contributed by atoms with E-state index >= 15 is 0 Å². The third-order valence-electron chi connectivity index (χ3n) is 5.20. The summed E-state index contributed by atoms with van der Waals surface area (Å²) in [5, 5.41) is 0. The van der Waals surface area contributed by atoms with E-state index in [0.29, 0.717) is 19.6 Å². The average Bonchev–Trinajstić information content (AvgIpc) is 3.26. The van der Waals surface area contributed by atoms with Crippen molar-refractivity contribution in [3.8, 4) is 0 Å². The smallest absolute Gasteiger partial charge is 0.234 e. The molecule has 2 atom stereocenters. The Kier molecular flexibility index (Phi) is 4.44. The van der Waals surface area contributed by atoms with Crippen molar-refractivity contribution < 1.29 is 9.59 Å². The number of likely N-dealkylation sites (tertiary alicyclic amines) is 2. The highest BCUT2D eigenvalue weighted by Gasteiger charge is 2.51. The van der Waals surface area contributed by atoms with Crippen molar-refractivity contribution in [3.63, 3.8) is 0 Å². The van der Waals surface area contributed by atoms with Gasteiger partial charge in [-0.3, -0.25) is 19.4 Å². The second-order valence-electron chi connectivity index (χ2n) is 6.98. The van der Waals surface area contributed by atoms with Gasteiger partial charge in [0.1, 0.15) is 0 Å². The lowest BCUT2D eigenvalue weighted by Gasteiger charge is -2.20. The number of carbonyl (C=O) groups excluding carboxylic acids is 2. The molecule has 0 N–H and O–H groups in total. The Hall–Kier alpha value is -1.98. The summed E-state index contributed by atoms with van der Waals surface area (Å²) in [7, 11) is 0. The van der Waals surface area contributed by atoms with Crippen LogP contribution in [0.25, 0.3) is 0 Å². The largest absolute Gasteiger partial charge is 0.297 e. The van der Waals surface area contributed by atoms with Gasteiger partial charge >= 0.3 is 0 Å². The predicted molar refractivity (Wildman–Crippen MR) is 98.2 cm³/mol. The van der Waals surface area contributed by atoms with E-state index in [9.17, 15) is 9.59 Å². The van der Waals surface area contributed by atoms with Crippen molar-refractivity contribution in [2.24, 2.45) is 11.8 Å². The van der Waals surface area contributed by atoms with Gasteiger partial charge in [-0.15, -0.1) is 11.3 Å². The Balaban J connectivity index is 1.37. The van der Waals surface area contributed by atoms with Crippen molar-refractivity contribution in [3.05, 3.63) is 57.8 Å². The van der Waals surface area contributed by atoms with Crippen LogP contribution < -0.4 is 0 Å². The summed E-state index contributed by atoms with van der Waals surface area (Å²) in [5.74, 6) is -0.250. The second kappa shape index (κ2) is 6.73. The third kappa shape index (κ3) is 3.26. The topological polar surface area (TPSA) is 40.6 Å². The zero-order valence-corrected chi connectivity index (χ0v) is 15.2. The third-order valence-corrected chi connectivity index (χ3v) is 6.19. The van der Waals surface area contributed by atoms with Crippen molar-refractivity contribution in [1.82, 2.24) is 9.80 Å². The monoisotopic (exact) mass is 354 g/mol. The van der Waals surface area contributed by atoms with Crippen molar-refractivity contribution in [1.29, 1.82) is 0 Å². The van der Waals surface area contributed by atoms with Crippen LogP contribution in [0.5, 0.6) is 0 Å². The van der Waals surface area contributed by atoms with Gasteiger partial charge < -0.3 is 0 Å². The van der Waals surface area contributed by atoms with Gasteiger partial charge in [0.25, 0.3) is 0 Å². The highest BCUT2D eigenvalue weighted by Crippen LogP contribution is 2.34. The molecule has 0 spiro atoms. The van der Waals surface area contributed by atoms with E-state index in [0.717, 1.165) is 18.5 Å². The van der Waals surface area contributed by atoms with Gasteiger partial charge in [0.05, 0.1) is 11.8 Å². The van der Waals surface area contributed by atoms with E-state index in [4.69, 9.17) is 0 Å². The maximum absolute atomic E-state index is 12.7. The molecule has 1 aromatic heterocycles. The number of hydrogen-bond donors (Lipinski definition) is 0. The second-order valence-corrected chi connectivity index (χ2v) is 8.36. The number of rotatable bonds is 5. The number of carbonyl (C=O) groups is 2. The van der Waals surface area contributed by atoms with Crippen LogP contribution in [0.3, 0.4) is 0 Å². The number of aryl methyl sites for hydroxylation is 1. The van der Waals surface area contributed by atoms with Crippen molar-refractivity contribution in [2.75, 3.05) is 19.6 Å². The van der Waals surface area contributed by atoms with Gasteiger partial charge in [-0.2, -0.15) is 0 Å². The number of hydrogen-bond acceptors (Lipinski definition) is 4. The summed E-state index contributed by atoms with van der Waals surface area (Å²) in [4.78, 5) is 31.8. The Labute approximate surface area is 152 Å². The molecule has 3 heterocycles. The van der Waals surface area contributed by atoms with E-state index in [1.165, 1.54) is 14.7 Å². The molecule has 130 valence electrons. The summed E-state index contributed by atoms with van der Waals surface area (Å²) in [6.07, 6.45) is 0.732. The van der Waals surface area contributed by atoms with Crippen LogP contribution in [0, 0.1) is 18.8 Å². The number of imide groups is 1. The van der Waals surface area contributed by atoms with Gasteiger partial charge in [0, 0.05) is 35.9 Å². The molecular weight excluding hydrogens is 332 g/mol. The number of amides is 2. The van der Waals surface area contributed by atoms with Crippen LogP contribution in [0.2, 0.25) is 0 Å². The number of benzene rings is 1. The maximum atomic E-state index is 12.7. The molecule has 2 aromatic rings. The van der Waals surface area contributed by atoms with Gasteiger partial charge in [-0.1, -0.05) is 30.3 Å². The standard InChI is InChI=1S/C20H22N2O2S/c1-14-7-8-16(25-14)11-21-12-17-18(13-21)20(24)22(19(17)23)10-9-15-5-3-2-4-6-15/h2-8,17-18H,9-13H2,1H3/t17-,18+. The van der Waals surface area contributed by atoms with Crippen LogP contribution in [0.15, 0.2) is 42.5 Å². The first-order valence-electron chi connectivity index (χ1n) is 8.78. The molecule has 0 unspecified atom stereocenters. The Morgan fingerprint density at radius 1 is 1.00 bits per heavy atom. The molecule has 2 saturated heterocycles. The minimum atomic E-state index is -0.149. The summed E-state index contributed by atoms with van der Waals surface area (Å²) in [6.45, 7) is 4.85. The molecule has 4 nitrogen and oxygen atoms in total. The molecule has 0 bridgehead atoms. The summed E-state index contributed by atoms with van der Waals surface area (Å²) < 4.78 is 0. The fourth-order valence-corrected chi connectivity index (χ4v) is 4.85. The molecule has 25 heavy (non-hydrogen) atoms. The minimum Gasteiger partial charge on any atom is -0.297 e. The van der Waals surface area contributed by atoms with Gasteiger partial charge in [0.2, 0.25) is 11.8 Å². The van der Waals surface area contributed by atoms with Crippen LogP contribution in [0.1, 0.15) is 15.3 Å². The van der Waals surface area contributed by atoms with Crippen LogP contribution in [-0.2, 0) is 22.6 Å². The Morgan fingerprint density at radius 3 is 2.28 bits per heavy atom. The zero-order valence-electron chi connectivity index (χ0n) is 14.4. The Morgan fingerprint density at radius 2 is 1.68 bits per heavy atom. The van der Waals surface area contributed by atoms with Gasteiger partial charge in [0.15, 0.2) is 0 Å². The first-order chi connectivity index (χ1) is 12.1. The summed E-state index contributed by atoms with van der Waals surface area (Å²) in [6, 6.07) is 14.3. The van der Waals surface area contributed by atoms with Gasteiger partial charge in [-0.25, -0.2) is 0 Å². The van der Waals surface area contributed by atoms with E-state index in [2.05, 4.69) is 24.0 Å². The first-order valence-corrected chi connectivity index (χ1v) is 9.60. The molecule has 5 heteroatoms. The van der Waals surface area contributed by atoms with Crippen LogP contribution in [-0.4, -0.2) is 41.2 Å². The highest BCUT2D eigenvalue weighted by molar-refractivity contribution is 7.11. The molecule has 0 radical (unpaired) electrons. The number of thiophene rings is 1. The quantitative estimate of drug-likeness (QED) is 0.775. The molecule has 1 aromatic carbocycles. The molecule has 0 aliphatic carbocycles. The molecule has 0 saturated carbocycles. The van der Waals surface area contributed by atoms with E-state index < -0.39 is 0 Å². The van der Waals surface area contributed by atoms with Gasteiger partial charge in [-0.05, 0) is 31.0 Å². The summed E-state index contributed by atoms with van der Waals surface area (Å²) in [5.41, 5.74) is 1.16. The molecule has 2 aliphatic heterocycles. The lowest BCUT2D eigenvalue weighted by atomic mass is 10.00. The van der Waals surface area contributed by atoms with E-state index in [-0.39, 0.29) is 23.7 Å².